The van der Waals surface area contributed by atoms with Crippen LogP contribution in [-0.2, 0) is 9.47 Å². The van der Waals surface area contributed by atoms with Crippen LogP contribution in [0.2, 0.25) is 0 Å². The number of carbonyl (C=O) groups excluding carboxylic acids is 1. The Morgan fingerprint density at radius 1 is 1.53 bits per heavy atom. The first kappa shape index (κ1) is 12.0. The van der Waals surface area contributed by atoms with Crippen LogP contribution in [0, 0.1) is 0 Å². The Balaban J connectivity index is 2.59. The Morgan fingerprint density at radius 2 is 2.13 bits per heavy atom. The Morgan fingerprint density at radius 3 is 2.53 bits per heavy atom. The van der Waals surface area contributed by atoms with Crippen LogP contribution in [0.4, 0.5) is 4.79 Å². The number of likely N-dealkylation sites (tertiary alicyclic amines) is 1. The van der Waals surface area contributed by atoms with Crippen LogP contribution < -0.4 is 0 Å². The molecule has 1 heterocycles. The summed E-state index contributed by atoms with van der Waals surface area (Å²) in [5.74, 6) is 0. The van der Waals surface area contributed by atoms with Crippen molar-refractivity contribution >= 4 is 6.09 Å². The molecular weight excluding hydrogens is 194 g/mol. The molecular formula is C11H19NO3. The highest BCUT2D eigenvalue weighted by Crippen LogP contribution is 2.24. The lowest BCUT2D eigenvalue weighted by atomic mass is 10.2. The number of nitrogens with zero attached hydrogens (tertiary/aromatic N) is 1. The molecule has 1 rings (SSSR count). The topological polar surface area (TPSA) is 38.8 Å². The van der Waals surface area contributed by atoms with Crippen molar-refractivity contribution in [2.24, 2.45) is 0 Å². The fourth-order valence-corrected chi connectivity index (χ4v) is 1.51. The summed E-state index contributed by atoms with van der Waals surface area (Å²) in [4.78, 5) is 13.3. The summed E-state index contributed by atoms with van der Waals surface area (Å²) in [6, 6.07) is 0. The highest BCUT2D eigenvalue weighted by Gasteiger charge is 2.33. The number of hydrogen-bond acceptors (Lipinski definition) is 3. The zero-order valence-corrected chi connectivity index (χ0v) is 9.87. The van der Waals surface area contributed by atoms with Crippen molar-refractivity contribution in [1.29, 1.82) is 0 Å². The Hall–Kier alpha value is -1.03. The number of hydrogen-bond donors (Lipinski definition) is 0. The molecule has 0 aromatic rings. The lowest BCUT2D eigenvalue weighted by Crippen LogP contribution is -2.34. The SMILES string of the molecule is C=C1[C@@H](OC)CCN1C(=O)OC(C)(C)C. The molecule has 15 heavy (non-hydrogen) atoms. The van der Waals surface area contributed by atoms with Gasteiger partial charge in [0.05, 0.1) is 6.10 Å². The Kier molecular flexibility index (Phi) is 3.39. The van der Waals surface area contributed by atoms with Gasteiger partial charge in [0.2, 0.25) is 0 Å². The molecule has 0 radical (unpaired) electrons. The van der Waals surface area contributed by atoms with Gasteiger partial charge in [0.1, 0.15) is 5.60 Å². The van der Waals surface area contributed by atoms with E-state index in [0.29, 0.717) is 12.2 Å². The third-order valence-electron chi connectivity index (χ3n) is 2.23. The monoisotopic (exact) mass is 213 g/mol. The molecule has 0 bridgehead atoms. The van der Waals surface area contributed by atoms with Gasteiger partial charge in [0, 0.05) is 19.4 Å². The third kappa shape index (κ3) is 2.96. The van der Waals surface area contributed by atoms with Crippen molar-refractivity contribution in [3.05, 3.63) is 12.3 Å². The van der Waals surface area contributed by atoms with E-state index in [1.54, 1.807) is 12.0 Å². The molecule has 0 spiro atoms. The minimum absolute atomic E-state index is 0.0579. The molecule has 1 aliphatic rings. The molecule has 0 aliphatic carbocycles. The average Bonchev–Trinajstić information content (AvgIpc) is 2.43. The number of methoxy groups -OCH3 is 1. The van der Waals surface area contributed by atoms with Gasteiger partial charge in [-0.2, -0.15) is 0 Å². The summed E-state index contributed by atoms with van der Waals surface area (Å²) in [5.41, 5.74) is 0.217. The molecule has 1 aliphatic heterocycles. The summed E-state index contributed by atoms with van der Waals surface area (Å²) < 4.78 is 10.4. The summed E-state index contributed by atoms with van der Waals surface area (Å²) in [6.45, 7) is 9.99. The van der Waals surface area contributed by atoms with Crippen LogP contribution in [0.5, 0.6) is 0 Å². The van der Waals surface area contributed by atoms with Crippen LogP contribution in [0.15, 0.2) is 12.3 Å². The first-order chi connectivity index (χ1) is 6.85. The molecule has 1 fully saturated rings. The number of rotatable bonds is 1. The highest BCUT2D eigenvalue weighted by atomic mass is 16.6. The van der Waals surface area contributed by atoms with Gasteiger partial charge in [-0.05, 0) is 27.2 Å². The van der Waals surface area contributed by atoms with Gasteiger partial charge in [-0.25, -0.2) is 4.79 Å². The van der Waals surface area contributed by atoms with Gasteiger partial charge >= 0.3 is 6.09 Å². The van der Waals surface area contributed by atoms with Crippen LogP contribution >= 0.6 is 0 Å². The van der Waals surface area contributed by atoms with Crippen LogP contribution in [0.3, 0.4) is 0 Å². The molecule has 1 atom stereocenters. The van der Waals surface area contributed by atoms with E-state index < -0.39 is 5.60 Å². The molecule has 1 saturated heterocycles. The first-order valence-corrected chi connectivity index (χ1v) is 5.07. The van der Waals surface area contributed by atoms with Gasteiger partial charge < -0.3 is 9.47 Å². The normalized spacial score (nSPS) is 22.0. The van der Waals surface area contributed by atoms with Crippen molar-refractivity contribution in [1.82, 2.24) is 4.90 Å². The minimum Gasteiger partial charge on any atom is -0.443 e. The second kappa shape index (κ2) is 4.23. The number of ether oxygens (including phenoxy) is 2. The second-order valence-electron chi connectivity index (χ2n) is 4.64. The second-order valence-corrected chi connectivity index (χ2v) is 4.64. The summed E-state index contributed by atoms with van der Waals surface area (Å²) in [6.07, 6.45) is 0.388. The maximum Gasteiger partial charge on any atom is 0.414 e. The standard InChI is InChI=1S/C11H19NO3/c1-8-9(14-5)6-7-12(8)10(13)15-11(2,3)4/h9H,1,6-7H2,2-5H3/t9-/m0/s1. The predicted octanol–water partition coefficient (Wildman–Crippen LogP) is 2.16. The van der Waals surface area contributed by atoms with E-state index in [1.165, 1.54) is 0 Å². The number of carbonyl (C=O) groups is 1. The highest BCUT2D eigenvalue weighted by molar-refractivity contribution is 5.71. The lowest BCUT2D eigenvalue weighted by Gasteiger charge is -2.25. The smallest absolute Gasteiger partial charge is 0.414 e. The molecule has 0 unspecified atom stereocenters. The quantitative estimate of drug-likeness (QED) is 0.670. The lowest BCUT2D eigenvalue weighted by molar-refractivity contribution is 0.0326. The molecule has 4 heteroatoms. The van der Waals surface area contributed by atoms with Gasteiger partial charge in [-0.3, -0.25) is 4.90 Å². The Labute approximate surface area is 90.8 Å². The molecule has 1 amide bonds. The van der Waals surface area contributed by atoms with Crippen molar-refractivity contribution < 1.29 is 14.3 Å². The maximum absolute atomic E-state index is 11.7. The van der Waals surface area contributed by atoms with Gasteiger partial charge in [0.25, 0.3) is 0 Å². The summed E-state index contributed by atoms with van der Waals surface area (Å²) in [5, 5.41) is 0. The van der Waals surface area contributed by atoms with E-state index in [2.05, 4.69) is 6.58 Å². The maximum atomic E-state index is 11.7. The van der Waals surface area contributed by atoms with Crippen LogP contribution in [0.25, 0.3) is 0 Å². The molecule has 0 N–H and O–H groups in total. The van der Waals surface area contributed by atoms with E-state index in [9.17, 15) is 4.79 Å². The molecule has 0 aromatic carbocycles. The predicted molar refractivity (Wildman–Crippen MR) is 57.5 cm³/mol. The first-order valence-electron chi connectivity index (χ1n) is 5.07. The molecule has 4 nitrogen and oxygen atoms in total. The van der Waals surface area contributed by atoms with E-state index in [4.69, 9.17) is 9.47 Å². The minimum atomic E-state index is -0.470. The zero-order valence-electron chi connectivity index (χ0n) is 9.87. The van der Waals surface area contributed by atoms with Crippen molar-refractivity contribution in [2.45, 2.75) is 38.9 Å². The Bertz CT molecular complexity index is 267. The van der Waals surface area contributed by atoms with Gasteiger partial charge in [0.15, 0.2) is 0 Å². The molecule has 0 aromatic heterocycles. The average molecular weight is 213 g/mol. The molecule has 0 saturated carbocycles. The van der Waals surface area contributed by atoms with Gasteiger partial charge in [-0.1, -0.05) is 6.58 Å². The van der Waals surface area contributed by atoms with Crippen molar-refractivity contribution in [3.63, 3.8) is 0 Å². The molecule has 86 valence electrons. The summed E-state index contributed by atoms with van der Waals surface area (Å²) in [7, 11) is 1.62. The fourth-order valence-electron chi connectivity index (χ4n) is 1.51. The van der Waals surface area contributed by atoms with Crippen LogP contribution in [0.1, 0.15) is 27.2 Å². The third-order valence-corrected chi connectivity index (χ3v) is 2.23. The van der Waals surface area contributed by atoms with E-state index in [1.807, 2.05) is 20.8 Å². The van der Waals surface area contributed by atoms with E-state index >= 15 is 0 Å². The van der Waals surface area contributed by atoms with E-state index in [-0.39, 0.29) is 12.2 Å². The summed E-state index contributed by atoms with van der Waals surface area (Å²) >= 11 is 0. The van der Waals surface area contributed by atoms with E-state index in [0.717, 1.165) is 6.42 Å². The number of amides is 1. The van der Waals surface area contributed by atoms with Crippen molar-refractivity contribution in [2.75, 3.05) is 13.7 Å². The van der Waals surface area contributed by atoms with Crippen molar-refractivity contribution in [3.8, 4) is 0 Å². The zero-order chi connectivity index (χ0) is 11.6. The fraction of sp³-hybridized carbons (Fsp3) is 0.727. The largest absolute Gasteiger partial charge is 0.443 e. The van der Waals surface area contributed by atoms with Gasteiger partial charge in [-0.15, -0.1) is 0 Å². The van der Waals surface area contributed by atoms with Crippen LogP contribution in [-0.4, -0.2) is 36.4 Å².